The van der Waals surface area contributed by atoms with Crippen LogP contribution in [0.2, 0.25) is 0 Å². The summed E-state index contributed by atoms with van der Waals surface area (Å²) in [6.07, 6.45) is 5.21. The Morgan fingerprint density at radius 1 is 1.18 bits per heavy atom. The lowest BCUT2D eigenvalue weighted by molar-refractivity contribution is 0.331. The van der Waals surface area contributed by atoms with Gasteiger partial charge in [0, 0.05) is 36.8 Å². The molecule has 0 radical (unpaired) electrons. The summed E-state index contributed by atoms with van der Waals surface area (Å²) < 4.78 is 39.1. The van der Waals surface area contributed by atoms with E-state index in [1.165, 1.54) is 10.6 Å². The number of aromatic nitrogens is 4. The quantitative estimate of drug-likeness (QED) is 0.810. The first-order valence-corrected chi connectivity index (χ1v) is 11.1. The highest BCUT2D eigenvalue weighted by molar-refractivity contribution is 7.88. The molecule has 1 saturated heterocycles. The van der Waals surface area contributed by atoms with Crippen molar-refractivity contribution >= 4 is 16.0 Å². The molecule has 2 aromatic rings. The molecule has 0 atom stereocenters. The third-order valence-electron chi connectivity index (χ3n) is 4.77. The summed E-state index contributed by atoms with van der Waals surface area (Å²) in [5, 5.41) is 3.19. The minimum Gasteiger partial charge on any atom is -0.351 e. The van der Waals surface area contributed by atoms with Crippen molar-refractivity contribution in [2.75, 3.05) is 24.7 Å². The molecule has 0 spiro atoms. The number of anilines is 1. The van der Waals surface area contributed by atoms with Crippen molar-refractivity contribution in [2.24, 2.45) is 0 Å². The number of piperidine rings is 1. The van der Waals surface area contributed by atoms with Crippen molar-refractivity contribution in [3.63, 3.8) is 0 Å². The van der Waals surface area contributed by atoms with E-state index >= 15 is 0 Å². The van der Waals surface area contributed by atoms with E-state index < -0.39 is 15.8 Å². The van der Waals surface area contributed by atoms with E-state index in [4.69, 9.17) is 0 Å². The number of sulfonamides is 1. The largest absolute Gasteiger partial charge is 0.351 e. The summed E-state index contributed by atoms with van der Waals surface area (Å²) in [6.45, 7) is 6.68. The molecule has 8 nitrogen and oxygen atoms in total. The third kappa shape index (κ3) is 4.61. The monoisotopic (exact) mass is 408 g/mol. The van der Waals surface area contributed by atoms with Gasteiger partial charge in [0.05, 0.1) is 18.1 Å². The second-order valence-corrected chi connectivity index (χ2v) is 9.34. The molecule has 0 saturated carbocycles. The lowest BCUT2D eigenvalue weighted by Gasteiger charge is -2.30. The molecular formula is C18H25FN6O2S. The predicted octanol–water partition coefficient (Wildman–Crippen LogP) is 2.34. The van der Waals surface area contributed by atoms with E-state index in [-0.39, 0.29) is 17.7 Å². The van der Waals surface area contributed by atoms with Crippen LogP contribution in [0, 0.1) is 12.7 Å². The average Bonchev–Trinajstić information content (AvgIpc) is 2.63. The van der Waals surface area contributed by atoms with Gasteiger partial charge in [-0.1, -0.05) is 13.8 Å². The molecule has 0 unspecified atom stereocenters. The second kappa shape index (κ2) is 8.04. The highest BCUT2D eigenvalue weighted by Gasteiger charge is 2.25. The van der Waals surface area contributed by atoms with Gasteiger partial charge in [-0.3, -0.25) is 0 Å². The first-order chi connectivity index (χ1) is 13.1. The third-order valence-corrected chi connectivity index (χ3v) is 6.07. The van der Waals surface area contributed by atoms with Crippen LogP contribution in [0.15, 0.2) is 12.4 Å². The van der Waals surface area contributed by atoms with Crippen molar-refractivity contribution in [1.82, 2.24) is 24.2 Å². The number of halogens is 1. The van der Waals surface area contributed by atoms with Gasteiger partial charge >= 0.3 is 0 Å². The van der Waals surface area contributed by atoms with E-state index in [1.54, 1.807) is 13.1 Å². The Morgan fingerprint density at radius 3 is 2.43 bits per heavy atom. The van der Waals surface area contributed by atoms with Crippen LogP contribution in [0.4, 0.5) is 10.3 Å². The molecule has 0 amide bonds. The lowest BCUT2D eigenvalue weighted by atomic mass is 10.1. The van der Waals surface area contributed by atoms with Crippen LogP contribution < -0.4 is 5.32 Å². The Labute approximate surface area is 164 Å². The van der Waals surface area contributed by atoms with E-state index in [0.717, 1.165) is 6.20 Å². The van der Waals surface area contributed by atoms with Crippen LogP contribution in [-0.2, 0) is 10.0 Å². The standard InChI is InChI=1S/C18H25FN6O2S/c1-11(2)17-20-9-14(12(3)22-17)16-15(19)10-21-18(24-16)23-13-5-7-25(8-6-13)28(4,26)27/h9-11,13H,5-8H2,1-4H3,(H,21,23,24). The van der Waals surface area contributed by atoms with Gasteiger partial charge in [0.2, 0.25) is 16.0 Å². The van der Waals surface area contributed by atoms with Crippen LogP contribution in [0.3, 0.4) is 0 Å². The molecule has 1 fully saturated rings. The van der Waals surface area contributed by atoms with Crippen LogP contribution in [0.25, 0.3) is 11.3 Å². The van der Waals surface area contributed by atoms with Crippen molar-refractivity contribution in [3.05, 3.63) is 29.7 Å². The molecule has 2 aromatic heterocycles. The molecule has 3 rings (SSSR count). The smallest absolute Gasteiger partial charge is 0.223 e. The van der Waals surface area contributed by atoms with Crippen LogP contribution >= 0.6 is 0 Å². The van der Waals surface area contributed by atoms with Gasteiger partial charge < -0.3 is 5.32 Å². The molecule has 0 aliphatic carbocycles. The van der Waals surface area contributed by atoms with E-state index in [9.17, 15) is 12.8 Å². The maximum atomic E-state index is 14.4. The summed E-state index contributed by atoms with van der Waals surface area (Å²) >= 11 is 0. The molecular weight excluding hydrogens is 383 g/mol. The summed E-state index contributed by atoms with van der Waals surface area (Å²) in [7, 11) is -3.17. The number of rotatable bonds is 5. The summed E-state index contributed by atoms with van der Waals surface area (Å²) in [5.41, 5.74) is 1.34. The van der Waals surface area contributed by atoms with Crippen molar-refractivity contribution in [3.8, 4) is 11.3 Å². The number of hydrogen-bond acceptors (Lipinski definition) is 7. The minimum absolute atomic E-state index is 0.0250. The fourth-order valence-corrected chi connectivity index (χ4v) is 4.01. The van der Waals surface area contributed by atoms with Crippen LogP contribution in [0.1, 0.15) is 44.1 Å². The van der Waals surface area contributed by atoms with E-state index in [2.05, 4.69) is 25.3 Å². The highest BCUT2D eigenvalue weighted by atomic mass is 32.2. The summed E-state index contributed by atoms with van der Waals surface area (Å²) in [4.78, 5) is 17.1. The Balaban J connectivity index is 1.78. The summed E-state index contributed by atoms with van der Waals surface area (Å²) in [5.74, 6) is 0.646. The van der Waals surface area contributed by atoms with E-state index in [1.807, 2.05) is 13.8 Å². The molecule has 1 aliphatic heterocycles. The first kappa shape index (κ1) is 20.5. The topological polar surface area (TPSA) is 101 Å². The number of aryl methyl sites for hydroxylation is 1. The lowest BCUT2D eigenvalue weighted by Crippen LogP contribution is -2.42. The Morgan fingerprint density at radius 2 is 1.86 bits per heavy atom. The molecule has 28 heavy (non-hydrogen) atoms. The maximum Gasteiger partial charge on any atom is 0.223 e. The zero-order chi connectivity index (χ0) is 20.5. The maximum absolute atomic E-state index is 14.4. The van der Waals surface area contributed by atoms with Crippen molar-refractivity contribution < 1.29 is 12.8 Å². The zero-order valence-corrected chi connectivity index (χ0v) is 17.3. The van der Waals surface area contributed by atoms with Crippen molar-refractivity contribution in [1.29, 1.82) is 0 Å². The van der Waals surface area contributed by atoms with Crippen LogP contribution in [0.5, 0.6) is 0 Å². The molecule has 152 valence electrons. The molecule has 0 bridgehead atoms. The molecule has 0 aromatic carbocycles. The van der Waals surface area contributed by atoms with Gasteiger partial charge in [-0.2, -0.15) is 0 Å². The highest BCUT2D eigenvalue weighted by Crippen LogP contribution is 2.25. The van der Waals surface area contributed by atoms with Gasteiger partial charge in [-0.05, 0) is 19.8 Å². The Kier molecular flexibility index (Phi) is 5.90. The van der Waals surface area contributed by atoms with E-state index in [0.29, 0.717) is 49.0 Å². The van der Waals surface area contributed by atoms with Gasteiger partial charge in [0.15, 0.2) is 5.82 Å². The molecule has 3 heterocycles. The first-order valence-electron chi connectivity index (χ1n) is 9.23. The fourth-order valence-electron chi connectivity index (χ4n) is 3.14. The second-order valence-electron chi connectivity index (χ2n) is 7.35. The number of nitrogens with one attached hydrogen (secondary N) is 1. The Bertz CT molecular complexity index is 959. The van der Waals surface area contributed by atoms with Gasteiger partial charge in [0.25, 0.3) is 0 Å². The van der Waals surface area contributed by atoms with Gasteiger partial charge in [0.1, 0.15) is 11.5 Å². The predicted molar refractivity (Wildman–Crippen MR) is 105 cm³/mol. The van der Waals surface area contributed by atoms with Crippen molar-refractivity contribution in [2.45, 2.75) is 45.6 Å². The summed E-state index contributed by atoms with van der Waals surface area (Å²) in [6, 6.07) is 0.0250. The normalized spacial score (nSPS) is 16.5. The molecule has 1 aliphatic rings. The fraction of sp³-hybridized carbons (Fsp3) is 0.556. The number of hydrogen-bond donors (Lipinski definition) is 1. The number of nitrogens with zero attached hydrogens (tertiary/aromatic N) is 5. The SMILES string of the molecule is Cc1nc(C(C)C)ncc1-c1nc(NC2CCN(S(C)(=O)=O)CC2)ncc1F. The van der Waals surface area contributed by atoms with Gasteiger partial charge in [-0.15, -0.1) is 0 Å². The van der Waals surface area contributed by atoms with Crippen LogP contribution in [-0.4, -0.2) is 58.0 Å². The zero-order valence-electron chi connectivity index (χ0n) is 16.5. The average molecular weight is 409 g/mol. The Hall–Kier alpha value is -2.20. The minimum atomic E-state index is -3.17. The molecule has 1 N–H and O–H groups in total. The van der Waals surface area contributed by atoms with Gasteiger partial charge in [-0.25, -0.2) is 37.0 Å². The molecule has 10 heteroatoms.